The molecule has 2 rings (SSSR count). The zero-order valence-electron chi connectivity index (χ0n) is 9.99. The van der Waals surface area contributed by atoms with Crippen molar-refractivity contribution in [3.05, 3.63) is 52.4 Å². The summed E-state index contributed by atoms with van der Waals surface area (Å²) in [6.45, 7) is 2.05. The lowest BCUT2D eigenvalue weighted by molar-refractivity contribution is 1.02. The molecule has 0 amide bonds. The molecule has 0 radical (unpaired) electrons. The standard InChI is InChI=1S/C14H15NOS/c1-3-13-12(8-9-14(16)15-13)10-4-6-11(17-2)7-5-10/h4-9H,3H2,1-2H3,(H,15,16). The van der Waals surface area contributed by atoms with Crippen molar-refractivity contribution >= 4 is 11.8 Å². The van der Waals surface area contributed by atoms with Gasteiger partial charge >= 0.3 is 0 Å². The van der Waals surface area contributed by atoms with E-state index < -0.39 is 0 Å². The van der Waals surface area contributed by atoms with Crippen LogP contribution in [0.5, 0.6) is 0 Å². The average molecular weight is 245 g/mol. The Balaban J connectivity index is 2.48. The molecule has 0 aliphatic rings. The first-order valence-corrected chi connectivity index (χ1v) is 6.83. The van der Waals surface area contributed by atoms with E-state index in [0.717, 1.165) is 23.2 Å². The maximum atomic E-state index is 11.3. The van der Waals surface area contributed by atoms with Crippen molar-refractivity contribution < 1.29 is 0 Å². The van der Waals surface area contributed by atoms with Gasteiger partial charge in [-0.25, -0.2) is 0 Å². The largest absolute Gasteiger partial charge is 0.326 e. The van der Waals surface area contributed by atoms with Gasteiger partial charge in [0, 0.05) is 22.2 Å². The van der Waals surface area contributed by atoms with Gasteiger partial charge in [-0.05, 0) is 36.4 Å². The van der Waals surface area contributed by atoms with E-state index in [9.17, 15) is 4.79 Å². The van der Waals surface area contributed by atoms with Crippen LogP contribution in [0.3, 0.4) is 0 Å². The molecule has 1 aromatic heterocycles. The molecule has 2 nitrogen and oxygen atoms in total. The van der Waals surface area contributed by atoms with Gasteiger partial charge in [-0.2, -0.15) is 0 Å². The molecular formula is C14H15NOS. The number of aromatic nitrogens is 1. The van der Waals surface area contributed by atoms with Crippen molar-refractivity contribution in [1.82, 2.24) is 4.98 Å². The van der Waals surface area contributed by atoms with Crippen molar-refractivity contribution in [3.8, 4) is 11.1 Å². The predicted molar refractivity (Wildman–Crippen MR) is 73.7 cm³/mol. The van der Waals surface area contributed by atoms with Gasteiger partial charge in [0.25, 0.3) is 0 Å². The van der Waals surface area contributed by atoms with Crippen molar-refractivity contribution in [2.24, 2.45) is 0 Å². The Labute approximate surface area is 105 Å². The summed E-state index contributed by atoms with van der Waals surface area (Å²) in [5.74, 6) is 0. The van der Waals surface area contributed by atoms with E-state index in [1.165, 1.54) is 4.90 Å². The molecule has 0 atom stereocenters. The summed E-state index contributed by atoms with van der Waals surface area (Å²) < 4.78 is 0. The third-order valence-electron chi connectivity index (χ3n) is 2.76. The lowest BCUT2D eigenvalue weighted by Crippen LogP contribution is -2.07. The zero-order valence-corrected chi connectivity index (χ0v) is 10.8. The van der Waals surface area contributed by atoms with Gasteiger partial charge in [-0.1, -0.05) is 19.1 Å². The lowest BCUT2D eigenvalue weighted by Gasteiger charge is -2.07. The molecule has 3 heteroatoms. The van der Waals surface area contributed by atoms with E-state index in [0.29, 0.717) is 0 Å². The fourth-order valence-corrected chi connectivity index (χ4v) is 2.25. The van der Waals surface area contributed by atoms with E-state index in [1.54, 1.807) is 17.8 Å². The zero-order chi connectivity index (χ0) is 12.3. The number of benzene rings is 1. The number of aromatic amines is 1. The minimum atomic E-state index is -0.0358. The SMILES string of the molecule is CCc1[nH]c(=O)ccc1-c1ccc(SC)cc1. The van der Waals surface area contributed by atoms with Crippen molar-refractivity contribution in [1.29, 1.82) is 0 Å². The first kappa shape index (κ1) is 12.0. The molecule has 1 aromatic carbocycles. The number of H-pyrrole nitrogens is 1. The number of thioether (sulfide) groups is 1. The van der Waals surface area contributed by atoms with Gasteiger partial charge in [0.2, 0.25) is 5.56 Å². The molecule has 1 N–H and O–H groups in total. The van der Waals surface area contributed by atoms with Crippen LogP contribution in [0.1, 0.15) is 12.6 Å². The molecule has 0 saturated carbocycles. The molecule has 0 spiro atoms. The van der Waals surface area contributed by atoms with Gasteiger partial charge in [-0.3, -0.25) is 4.79 Å². The average Bonchev–Trinajstić information content (AvgIpc) is 2.39. The Morgan fingerprint density at radius 2 is 1.82 bits per heavy atom. The first-order valence-electron chi connectivity index (χ1n) is 5.61. The third kappa shape index (κ3) is 2.61. The molecule has 1 heterocycles. The van der Waals surface area contributed by atoms with Crippen LogP contribution in [0.25, 0.3) is 11.1 Å². The molecule has 0 aliphatic heterocycles. The van der Waals surface area contributed by atoms with Gasteiger partial charge in [0.05, 0.1) is 0 Å². The molecule has 88 valence electrons. The van der Waals surface area contributed by atoms with E-state index in [2.05, 4.69) is 35.5 Å². The van der Waals surface area contributed by atoms with Crippen LogP contribution in [-0.4, -0.2) is 11.2 Å². The highest BCUT2D eigenvalue weighted by Crippen LogP contribution is 2.24. The Morgan fingerprint density at radius 1 is 1.12 bits per heavy atom. The number of rotatable bonds is 3. The molecule has 2 aromatic rings. The predicted octanol–water partition coefficient (Wildman–Crippen LogP) is 3.33. The summed E-state index contributed by atoms with van der Waals surface area (Å²) in [6, 6.07) is 11.9. The maximum absolute atomic E-state index is 11.3. The van der Waals surface area contributed by atoms with E-state index in [-0.39, 0.29) is 5.56 Å². The normalized spacial score (nSPS) is 10.5. The number of hydrogen-bond acceptors (Lipinski definition) is 2. The second-order valence-electron chi connectivity index (χ2n) is 3.80. The summed E-state index contributed by atoms with van der Waals surface area (Å²) in [7, 11) is 0. The van der Waals surface area contributed by atoms with E-state index in [4.69, 9.17) is 0 Å². The Kier molecular flexibility index (Phi) is 3.69. The number of aryl methyl sites for hydroxylation is 1. The molecule has 17 heavy (non-hydrogen) atoms. The van der Waals surface area contributed by atoms with Crippen molar-refractivity contribution in [2.75, 3.05) is 6.26 Å². The first-order chi connectivity index (χ1) is 8.24. The lowest BCUT2D eigenvalue weighted by atomic mass is 10.0. The molecule has 0 saturated heterocycles. The highest BCUT2D eigenvalue weighted by Gasteiger charge is 2.04. The fraction of sp³-hybridized carbons (Fsp3) is 0.214. The highest BCUT2D eigenvalue weighted by atomic mass is 32.2. The van der Waals surface area contributed by atoms with Crippen molar-refractivity contribution in [2.45, 2.75) is 18.2 Å². The molecule has 0 bridgehead atoms. The Morgan fingerprint density at radius 3 is 2.41 bits per heavy atom. The van der Waals surface area contributed by atoms with E-state index in [1.807, 2.05) is 13.0 Å². The summed E-state index contributed by atoms with van der Waals surface area (Å²) in [4.78, 5) is 15.4. The van der Waals surface area contributed by atoms with Crippen LogP contribution in [0, 0.1) is 0 Å². The van der Waals surface area contributed by atoms with Crippen LogP contribution < -0.4 is 5.56 Å². The number of nitrogens with one attached hydrogen (secondary N) is 1. The minimum Gasteiger partial charge on any atom is -0.326 e. The van der Waals surface area contributed by atoms with Crippen LogP contribution >= 0.6 is 11.8 Å². The molecule has 0 aliphatic carbocycles. The molecule has 0 fully saturated rings. The van der Waals surface area contributed by atoms with Crippen LogP contribution in [0.15, 0.2) is 46.1 Å². The van der Waals surface area contributed by atoms with Gasteiger partial charge in [-0.15, -0.1) is 11.8 Å². The quantitative estimate of drug-likeness (QED) is 0.841. The van der Waals surface area contributed by atoms with Gasteiger partial charge < -0.3 is 4.98 Å². The van der Waals surface area contributed by atoms with E-state index >= 15 is 0 Å². The Hall–Kier alpha value is -1.48. The minimum absolute atomic E-state index is 0.0358. The van der Waals surface area contributed by atoms with Gasteiger partial charge in [0.1, 0.15) is 0 Å². The number of pyridine rings is 1. The maximum Gasteiger partial charge on any atom is 0.248 e. The van der Waals surface area contributed by atoms with Crippen molar-refractivity contribution in [3.63, 3.8) is 0 Å². The topological polar surface area (TPSA) is 32.9 Å². The second kappa shape index (κ2) is 5.23. The highest BCUT2D eigenvalue weighted by molar-refractivity contribution is 7.98. The summed E-state index contributed by atoms with van der Waals surface area (Å²) >= 11 is 1.73. The van der Waals surface area contributed by atoms with Crippen LogP contribution in [0.2, 0.25) is 0 Å². The second-order valence-corrected chi connectivity index (χ2v) is 4.68. The molecule has 0 unspecified atom stereocenters. The summed E-state index contributed by atoms with van der Waals surface area (Å²) in [5.41, 5.74) is 3.22. The fourth-order valence-electron chi connectivity index (χ4n) is 1.84. The van der Waals surface area contributed by atoms with Crippen LogP contribution in [-0.2, 0) is 6.42 Å². The number of hydrogen-bond donors (Lipinski definition) is 1. The monoisotopic (exact) mass is 245 g/mol. The smallest absolute Gasteiger partial charge is 0.248 e. The third-order valence-corrected chi connectivity index (χ3v) is 3.50. The van der Waals surface area contributed by atoms with Gasteiger partial charge in [0.15, 0.2) is 0 Å². The summed E-state index contributed by atoms with van der Waals surface area (Å²) in [6.07, 6.45) is 2.89. The molecular weight excluding hydrogens is 230 g/mol. The summed E-state index contributed by atoms with van der Waals surface area (Å²) in [5, 5.41) is 0. The van der Waals surface area contributed by atoms with Crippen LogP contribution in [0.4, 0.5) is 0 Å². The Bertz CT molecular complexity index is 557.